The van der Waals surface area contributed by atoms with Gasteiger partial charge in [-0.2, -0.15) is 22.0 Å². The summed E-state index contributed by atoms with van der Waals surface area (Å²) in [5.41, 5.74) is 0. The van der Waals surface area contributed by atoms with Gasteiger partial charge < -0.3 is 0 Å². The second kappa shape index (κ2) is 8.52. The van der Waals surface area contributed by atoms with Crippen LogP contribution in [0.25, 0.3) is 0 Å². The van der Waals surface area contributed by atoms with Crippen molar-refractivity contribution in [1.82, 2.24) is 24.5 Å². The Morgan fingerprint density at radius 3 is 2.83 bits per heavy atom. The molecule has 5 nitrogen and oxygen atoms in total. The summed E-state index contributed by atoms with van der Waals surface area (Å²) in [4.78, 5) is 4.85. The van der Waals surface area contributed by atoms with Gasteiger partial charge in [0.2, 0.25) is 0 Å². The van der Waals surface area contributed by atoms with Crippen LogP contribution in [0.15, 0.2) is 18.5 Å². The summed E-state index contributed by atoms with van der Waals surface area (Å²) >= 11 is 1.86. The van der Waals surface area contributed by atoms with Crippen LogP contribution in [-0.2, 0) is 19.4 Å². The van der Waals surface area contributed by atoms with E-state index in [1.807, 2.05) is 34.9 Å². The molecule has 0 amide bonds. The molecule has 1 saturated carbocycles. The second-order valence-electron chi connectivity index (χ2n) is 6.30. The fraction of sp³-hybridized carbons (Fsp3) is 0.706. The topological polar surface area (TPSA) is 48.5 Å². The van der Waals surface area contributed by atoms with E-state index in [2.05, 4.69) is 16.0 Å². The van der Waals surface area contributed by atoms with Gasteiger partial charge in [-0.1, -0.05) is 19.3 Å². The van der Waals surface area contributed by atoms with E-state index in [0.29, 0.717) is 6.04 Å². The molecule has 1 aliphatic carbocycles. The number of hydrogen-bond acceptors (Lipinski definition) is 4. The molecule has 0 radical (unpaired) electrons. The highest BCUT2D eigenvalue weighted by molar-refractivity contribution is 7.98. The van der Waals surface area contributed by atoms with Gasteiger partial charge in [-0.3, -0.25) is 4.68 Å². The Hall–Kier alpha value is -1.30. The number of nitrogens with zero attached hydrogens (tertiary/aromatic N) is 5. The lowest BCUT2D eigenvalue weighted by atomic mass is 9.95. The van der Waals surface area contributed by atoms with Crippen molar-refractivity contribution in [3.05, 3.63) is 30.1 Å². The summed E-state index contributed by atoms with van der Waals surface area (Å²) in [6, 6.07) is 2.55. The molecule has 6 heteroatoms. The molecule has 2 aromatic heterocycles. The molecule has 0 N–H and O–H groups in total. The van der Waals surface area contributed by atoms with E-state index >= 15 is 0 Å². The van der Waals surface area contributed by atoms with Gasteiger partial charge in [0, 0.05) is 37.5 Å². The summed E-state index contributed by atoms with van der Waals surface area (Å²) < 4.78 is 4.26. The molecule has 0 aliphatic heterocycles. The molecule has 2 aromatic rings. The average molecular weight is 334 g/mol. The van der Waals surface area contributed by atoms with Crippen molar-refractivity contribution in [1.29, 1.82) is 0 Å². The molecule has 0 spiro atoms. The van der Waals surface area contributed by atoms with Gasteiger partial charge in [0.1, 0.15) is 5.82 Å². The van der Waals surface area contributed by atoms with Crippen LogP contribution in [-0.4, -0.2) is 36.6 Å². The Morgan fingerprint density at radius 1 is 1.22 bits per heavy atom. The predicted octanol–water partition coefficient (Wildman–Crippen LogP) is 3.52. The molecule has 2 heterocycles. The van der Waals surface area contributed by atoms with Crippen LogP contribution in [0.3, 0.4) is 0 Å². The maximum Gasteiger partial charge on any atom is 0.151 e. The lowest BCUT2D eigenvalue weighted by molar-refractivity contribution is 0.318. The minimum absolute atomic E-state index is 0.569. The monoisotopic (exact) mass is 333 g/mol. The predicted molar refractivity (Wildman–Crippen MR) is 94.8 cm³/mol. The quantitative estimate of drug-likeness (QED) is 0.741. The third-order valence-corrected chi connectivity index (χ3v) is 5.16. The fourth-order valence-electron chi connectivity index (χ4n) is 3.32. The van der Waals surface area contributed by atoms with Crippen molar-refractivity contribution in [3.63, 3.8) is 0 Å². The molecule has 0 unspecified atom stereocenters. The Balaban J connectivity index is 1.66. The van der Waals surface area contributed by atoms with Gasteiger partial charge in [-0.25, -0.2) is 9.67 Å². The van der Waals surface area contributed by atoms with E-state index in [1.54, 1.807) is 0 Å². The minimum atomic E-state index is 0.569. The first kappa shape index (κ1) is 16.6. The first-order valence-electron chi connectivity index (χ1n) is 8.77. The molecule has 126 valence electrons. The molecule has 1 fully saturated rings. The van der Waals surface area contributed by atoms with E-state index in [0.717, 1.165) is 37.4 Å². The fourth-order valence-corrected chi connectivity index (χ4v) is 3.71. The van der Waals surface area contributed by atoms with Crippen molar-refractivity contribution < 1.29 is 0 Å². The van der Waals surface area contributed by atoms with Crippen LogP contribution in [0.1, 0.15) is 56.2 Å². The SMILES string of the molecule is CSCCc1nc(CCCn2cccn2)n(C2CCCCC2)n1. The summed E-state index contributed by atoms with van der Waals surface area (Å²) in [6.07, 6.45) is 15.6. The van der Waals surface area contributed by atoms with Gasteiger partial charge in [0.25, 0.3) is 0 Å². The van der Waals surface area contributed by atoms with Crippen molar-refractivity contribution in [2.45, 2.75) is 64.0 Å². The van der Waals surface area contributed by atoms with Gasteiger partial charge in [0.15, 0.2) is 5.82 Å². The lowest BCUT2D eigenvalue weighted by Crippen LogP contribution is -2.17. The first-order valence-corrected chi connectivity index (χ1v) is 10.2. The Kier molecular flexibility index (Phi) is 6.13. The van der Waals surface area contributed by atoms with Crippen LogP contribution in [0.4, 0.5) is 0 Å². The zero-order valence-electron chi connectivity index (χ0n) is 14.0. The molecular formula is C17H27N5S. The number of aryl methyl sites for hydroxylation is 3. The van der Waals surface area contributed by atoms with Crippen LogP contribution < -0.4 is 0 Å². The maximum absolute atomic E-state index is 4.86. The first-order chi connectivity index (χ1) is 11.4. The molecule has 0 aromatic carbocycles. The maximum atomic E-state index is 4.86. The summed E-state index contributed by atoms with van der Waals surface area (Å²) in [6.45, 7) is 0.949. The van der Waals surface area contributed by atoms with Gasteiger partial charge in [0.05, 0.1) is 6.04 Å². The minimum Gasteiger partial charge on any atom is -0.273 e. The van der Waals surface area contributed by atoms with Crippen LogP contribution in [0.5, 0.6) is 0 Å². The van der Waals surface area contributed by atoms with Crippen molar-refractivity contribution in [2.75, 3.05) is 12.0 Å². The molecule has 0 bridgehead atoms. The number of hydrogen-bond donors (Lipinski definition) is 0. The molecule has 1 aliphatic rings. The smallest absolute Gasteiger partial charge is 0.151 e. The normalized spacial score (nSPS) is 16.0. The van der Waals surface area contributed by atoms with Gasteiger partial charge in [-0.15, -0.1) is 0 Å². The van der Waals surface area contributed by atoms with Crippen molar-refractivity contribution in [3.8, 4) is 0 Å². The summed E-state index contributed by atoms with van der Waals surface area (Å²) in [5, 5.41) is 9.13. The Labute approximate surface area is 142 Å². The van der Waals surface area contributed by atoms with Crippen LogP contribution in [0, 0.1) is 0 Å². The van der Waals surface area contributed by atoms with Gasteiger partial charge in [-0.05, 0) is 31.6 Å². The Morgan fingerprint density at radius 2 is 2.09 bits per heavy atom. The van der Waals surface area contributed by atoms with E-state index < -0.39 is 0 Å². The van der Waals surface area contributed by atoms with Crippen molar-refractivity contribution >= 4 is 11.8 Å². The van der Waals surface area contributed by atoms with Crippen LogP contribution >= 0.6 is 11.8 Å². The zero-order chi connectivity index (χ0) is 15.9. The molecule has 0 saturated heterocycles. The van der Waals surface area contributed by atoms with E-state index in [9.17, 15) is 0 Å². The highest BCUT2D eigenvalue weighted by Gasteiger charge is 2.20. The number of rotatable bonds is 8. The van der Waals surface area contributed by atoms with Crippen molar-refractivity contribution in [2.24, 2.45) is 0 Å². The number of aromatic nitrogens is 5. The van der Waals surface area contributed by atoms with Crippen LogP contribution in [0.2, 0.25) is 0 Å². The summed E-state index contributed by atoms with van der Waals surface area (Å²) in [7, 11) is 0. The highest BCUT2D eigenvalue weighted by Crippen LogP contribution is 2.28. The zero-order valence-corrected chi connectivity index (χ0v) is 14.8. The average Bonchev–Trinajstić information content (AvgIpc) is 3.24. The third kappa shape index (κ3) is 4.59. The molecule has 23 heavy (non-hydrogen) atoms. The Bertz CT molecular complexity index is 572. The standard InChI is InChI=1S/C17H27N5S/c1-23-14-10-16-19-17(9-5-12-21-13-6-11-18-21)22(20-16)15-7-3-2-4-8-15/h6,11,13,15H,2-5,7-10,12,14H2,1H3. The lowest BCUT2D eigenvalue weighted by Gasteiger charge is -2.23. The second-order valence-corrected chi connectivity index (χ2v) is 7.28. The third-order valence-electron chi connectivity index (χ3n) is 4.54. The molecule has 3 rings (SSSR count). The number of thioether (sulfide) groups is 1. The molecule has 0 atom stereocenters. The van der Waals surface area contributed by atoms with E-state index in [4.69, 9.17) is 10.1 Å². The van der Waals surface area contributed by atoms with E-state index in [1.165, 1.54) is 37.9 Å². The highest BCUT2D eigenvalue weighted by atomic mass is 32.2. The van der Waals surface area contributed by atoms with E-state index in [-0.39, 0.29) is 0 Å². The van der Waals surface area contributed by atoms with Gasteiger partial charge >= 0.3 is 0 Å². The summed E-state index contributed by atoms with van der Waals surface area (Å²) in [5.74, 6) is 3.31. The largest absolute Gasteiger partial charge is 0.273 e. The molecular weight excluding hydrogens is 306 g/mol.